The number of hydrogen-bond acceptors (Lipinski definition) is 1. The fourth-order valence-corrected chi connectivity index (χ4v) is 1.41. The second-order valence-corrected chi connectivity index (χ2v) is 2.84. The largest absolute Gasteiger partial charge is 0.303 e. The minimum absolute atomic E-state index is 0.0613. The van der Waals surface area contributed by atoms with E-state index in [2.05, 4.69) is 5.32 Å². The van der Waals surface area contributed by atoms with Gasteiger partial charge in [-0.05, 0) is 6.07 Å². The van der Waals surface area contributed by atoms with Gasteiger partial charge >= 0.3 is 0 Å². The lowest BCUT2D eigenvalue weighted by molar-refractivity contribution is 0.583. The van der Waals surface area contributed by atoms with E-state index in [1.807, 2.05) is 24.3 Å². The molecule has 2 rings (SSSR count). The molecule has 1 unspecified atom stereocenters. The highest BCUT2D eigenvalue weighted by Gasteiger charge is 2.13. The van der Waals surface area contributed by atoms with Gasteiger partial charge in [0.1, 0.15) is 5.82 Å². The number of rotatable bonds is 1. The molecule has 0 radical (unpaired) electrons. The van der Waals surface area contributed by atoms with E-state index in [-0.39, 0.29) is 11.9 Å². The normalized spacial score (nSPS) is 21.6. The van der Waals surface area contributed by atoms with Gasteiger partial charge in [-0.3, -0.25) is 0 Å². The molecule has 12 heavy (non-hydrogen) atoms. The predicted molar refractivity (Wildman–Crippen MR) is 46.3 cm³/mol. The summed E-state index contributed by atoms with van der Waals surface area (Å²) in [5.74, 6) is -0.137. The van der Waals surface area contributed by atoms with Gasteiger partial charge in [-0.2, -0.15) is 0 Å². The summed E-state index contributed by atoms with van der Waals surface area (Å²) in [4.78, 5) is 0. The van der Waals surface area contributed by atoms with Gasteiger partial charge in [0.2, 0.25) is 0 Å². The molecule has 0 spiro atoms. The fraction of sp³-hybridized carbons (Fsp3) is 0.200. The molecule has 1 N–H and O–H groups in total. The third kappa shape index (κ3) is 1.25. The van der Waals surface area contributed by atoms with Crippen molar-refractivity contribution in [2.45, 2.75) is 6.04 Å². The molecule has 0 aliphatic carbocycles. The van der Waals surface area contributed by atoms with E-state index in [1.165, 1.54) is 6.07 Å². The van der Waals surface area contributed by atoms with Crippen molar-refractivity contribution in [2.24, 2.45) is 0 Å². The van der Waals surface area contributed by atoms with Gasteiger partial charge in [0, 0.05) is 12.1 Å². The third-order valence-electron chi connectivity index (χ3n) is 2.02. The van der Waals surface area contributed by atoms with Crippen LogP contribution in [0.3, 0.4) is 0 Å². The second-order valence-electron chi connectivity index (χ2n) is 2.84. The molecule has 0 fully saturated rings. The van der Waals surface area contributed by atoms with Crippen molar-refractivity contribution >= 4 is 0 Å². The minimum Gasteiger partial charge on any atom is -0.303 e. The average molecular weight is 163 g/mol. The van der Waals surface area contributed by atoms with Gasteiger partial charge in [0.15, 0.2) is 0 Å². The van der Waals surface area contributed by atoms with Crippen LogP contribution in [0.2, 0.25) is 0 Å². The van der Waals surface area contributed by atoms with Crippen LogP contribution >= 0.6 is 0 Å². The lowest BCUT2D eigenvalue weighted by Gasteiger charge is -2.09. The van der Waals surface area contributed by atoms with Crippen molar-refractivity contribution in [3.63, 3.8) is 0 Å². The Hall–Kier alpha value is -1.15. The van der Waals surface area contributed by atoms with Gasteiger partial charge in [-0.25, -0.2) is 4.39 Å². The first-order valence-corrected chi connectivity index (χ1v) is 4.02. The zero-order chi connectivity index (χ0) is 8.39. The molecule has 1 nitrogen and oxygen atoms in total. The first-order valence-electron chi connectivity index (χ1n) is 4.02. The molecular formula is C10H10FN. The number of halogens is 1. The maximum atomic E-state index is 13.2. The SMILES string of the molecule is Fc1ccccc1C1C=CCN1. The zero-order valence-corrected chi connectivity index (χ0v) is 6.63. The smallest absolute Gasteiger partial charge is 0.128 e. The van der Waals surface area contributed by atoms with E-state index in [9.17, 15) is 4.39 Å². The van der Waals surface area contributed by atoms with Crippen LogP contribution in [-0.2, 0) is 0 Å². The highest BCUT2D eigenvalue weighted by Crippen LogP contribution is 2.19. The number of benzene rings is 1. The lowest BCUT2D eigenvalue weighted by Crippen LogP contribution is -2.14. The van der Waals surface area contributed by atoms with Crippen molar-refractivity contribution in [1.29, 1.82) is 0 Å². The van der Waals surface area contributed by atoms with Gasteiger partial charge in [-0.1, -0.05) is 30.4 Å². The topological polar surface area (TPSA) is 12.0 Å². The number of nitrogens with one attached hydrogen (secondary N) is 1. The van der Waals surface area contributed by atoms with Gasteiger partial charge < -0.3 is 5.32 Å². The van der Waals surface area contributed by atoms with Crippen molar-refractivity contribution in [2.75, 3.05) is 6.54 Å². The summed E-state index contributed by atoms with van der Waals surface area (Å²) >= 11 is 0. The van der Waals surface area contributed by atoms with Gasteiger partial charge in [-0.15, -0.1) is 0 Å². The molecule has 1 aromatic rings. The molecule has 1 heterocycles. The quantitative estimate of drug-likeness (QED) is 0.624. The molecule has 62 valence electrons. The number of hydrogen-bond donors (Lipinski definition) is 1. The van der Waals surface area contributed by atoms with E-state index < -0.39 is 0 Å². The van der Waals surface area contributed by atoms with E-state index in [0.717, 1.165) is 12.1 Å². The molecule has 1 aliphatic rings. The van der Waals surface area contributed by atoms with Crippen LogP contribution in [0.4, 0.5) is 4.39 Å². The summed E-state index contributed by atoms with van der Waals surface area (Å²) < 4.78 is 13.2. The highest BCUT2D eigenvalue weighted by atomic mass is 19.1. The van der Waals surface area contributed by atoms with Gasteiger partial charge in [0.25, 0.3) is 0 Å². The summed E-state index contributed by atoms with van der Waals surface area (Å²) in [7, 11) is 0. The summed E-state index contributed by atoms with van der Waals surface area (Å²) in [5, 5.41) is 3.16. The Balaban J connectivity index is 2.33. The van der Waals surface area contributed by atoms with E-state index in [1.54, 1.807) is 6.07 Å². The van der Waals surface area contributed by atoms with Crippen LogP contribution in [0.5, 0.6) is 0 Å². The Morgan fingerprint density at radius 2 is 2.17 bits per heavy atom. The molecule has 0 aromatic heterocycles. The molecule has 2 heteroatoms. The molecule has 1 aromatic carbocycles. The van der Waals surface area contributed by atoms with Crippen LogP contribution in [0.1, 0.15) is 11.6 Å². The summed E-state index contributed by atoms with van der Waals surface area (Å²) in [6.45, 7) is 0.832. The first-order chi connectivity index (χ1) is 5.88. The van der Waals surface area contributed by atoms with E-state index >= 15 is 0 Å². The second kappa shape index (κ2) is 3.07. The first kappa shape index (κ1) is 7.50. The average Bonchev–Trinajstić information content (AvgIpc) is 2.57. The predicted octanol–water partition coefficient (Wildman–Crippen LogP) is 2.03. The Kier molecular flexibility index (Phi) is 1.92. The van der Waals surface area contributed by atoms with E-state index in [0.29, 0.717) is 0 Å². The maximum absolute atomic E-state index is 13.2. The Bertz CT molecular complexity index is 306. The molecule has 0 saturated heterocycles. The Labute approximate surface area is 70.9 Å². The molecule has 1 atom stereocenters. The van der Waals surface area contributed by atoms with Crippen LogP contribution in [0.15, 0.2) is 36.4 Å². The summed E-state index contributed by atoms with van der Waals surface area (Å²) in [5.41, 5.74) is 0.728. The highest BCUT2D eigenvalue weighted by molar-refractivity contribution is 5.26. The van der Waals surface area contributed by atoms with Crippen molar-refractivity contribution in [3.8, 4) is 0 Å². The monoisotopic (exact) mass is 163 g/mol. The van der Waals surface area contributed by atoms with Crippen LogP contribution in [-0.4, -0.2) is 6.54 Å². The van der Waals surface area contributed by atoms with Crippen molar-refractivity contribution in [1.82, 2.24) is 5.32 Å². The van der Waals surface area contributed by atoms with E-state index in [4.69, 9.17) is 0 Å². The van der Waals surface area contributed by atoms with Crippen LogP contribution in [0.25, 0.3) is 0 Å². The summed E-state index contributed by atoms with van der Waals surface area (Å²) in [6, 6.07) is 6.92. The lowest BCUT2D eigenvalue weighted by atomic mass is 10.1. The van der Waals surface area contributed by atoms with Crippen LogP contribution in [0, 0.1) is 5.82 Å². The fourth-order valence-electron chi connectivity index (χ4n) is 1.41. The Morgan fingerprint density at radius 1 is 1.33 bits per heavy atom. The molecular weight excluding hydrogens is 153 g/mol. The Morgan fingerprint density at radius 3 is 2.83 bits per heavy atom. The molecule has 0 bridgehead atoms. The molecule has 0 amide bonds. The van der Waals surface area contributed by atoms with Crippen LogP contribution < -0.4 is 5.32 Å². The summed E-state index contributed by atoms with van der Waals surface area (Å²) in [6.07, 6.45) is 4.00. The van der Waals surface area contributed by atoms with Crippen molar-refractivity contribution in [3.05, 3.63) is 47.8 Å². The van der Waals surface area contributed by atoms with Crippen molar-refractivity contribution < 1.29 is 4.39 Å². The van der Waals surface area contributed by atoms with Gasteiger partial charge in [0.05, 0.1) is 6.04 Å². The maximum Gasteiger partial charge on any atom is 0.128 e. The third-order valence-corrected chi connectivity index (χ3v) is 2.02. The minimum atomic E-state index is -0.137. The zero-order valence-electron chi connectivity index (χ0n) is 6.63. The molecule has 0 saturated carbocycles. The standard InChI is InChI=1S/C10H10FN/c11-9-5-2-1-4-8(9)10-6-3-7-12-10/h1-6,10,12H,7H2. The molecule has 1 aliphatic heterocycles.